The van der Waals surface area contributed by atoms with Gasteiger partial charge in [0.05, 0.1) is 9.82 Å². The molecular weight excluding hydrogens is 394 g/mol. The summed E-state index contributed by atoms with van der Waals surface area (Å²) in [5.74, 6) is 1.76. The highest BCUT2D eigenvalue weighted by molar-refractivity contribution is 7.89. The molecule has 10 heteroatoms. The third kappa shape index (κ3) is 4.38. The van der Waals surface area contributed by atoms with Crippen molar-refractivity contribution in [2.45, 2.75) is 38.5 Å². The molecule has 29 heavy (non-hydrogen) atoms. The van der Waals surface area contributed by atoms with Crippen LogP contribution < -0.4 is 4.90 Å². The van der Waals surface area contributed by atoms with Gasteiger partial charge in [-0.05, 0) is 19.4 Å². The SMILES string of the molecule is Cc1cc(N2CCN(S(=O)(=O)c3cc([N+](=O)[O-])ccc3C)CC2)nc(C(C)C)n1. The highest BCUT2D eigenvalue weighted by Crippen LogP contribution is 2.26. The van der Waals surface area contributed by atoms with E-state index in [2.05, 4.69) is 9.97 Å². The molecule has 0 N–H and O–H groups in total. The summed E-state index contributed by atoms with van der Waals surface area (Å²) in [6.45, 7) is 9.17. The Hall–Kier alpha value is -2.59. The van der Waals surface area contributed by atoms with Gasteiger partial charge >= 0.3 is 0 Å². The lowest BCUT2D eigenvalue weighted by Gasteiger charge is -2.35. The second kappa shape index (κ2) is 8.03. The molecule has 0 bridgehead atoms. The lowest BCUT2D eigenvalue weighted by atomic mass is 10.2. The predicted octanol–water partition coefficient (Wildman–Crippen LogP) is 2.64. The molecule has 0 spiro atoms. The normalized spacial score (nSPS) is 15.7. The van der Waals surface area contributed by atoms with Gasteiger partial charge in [-0.3, -0.25) is 10.1 Å². The minimum Gasteiger partial charge on any atom is -0.354 e. The summed E-state index contributed by atoms with van der Waals surface area (Å²) >= 11 is 0. The first-order chi connectivity index (χ1) is 13.6. The summed E-state index contributed by atoms with van der Waals surface area (Å²) in [6.07, 6.45) is 0. The number of sulfonamides is 1. The second-order valence-corrected chi connectivity index (χ2v) is 9.38. The summed E-state index contributed by atoms with van der Waals surface area (Å²) in [4.78, 5) is 21.6. The van der Waals surface area contributed by atoms with Crippen LogP contribution in [0, 0.1) is 24.0 Å². The zero-order valence-corrected chi connectivity index (χ0v) is 17.8. The van der Waals surface area contributed by atoms with Crippen LogP contribution in [0.2, 0.25) is 0 Å². The molecule has 2 aromatic rings. The first-order valence-corrected chi connectivity index (χ1v) is 10.9. The average molecular weight is 420 g/mol. The molecule has 1 fully saturated rings. The monoisotopic (exact) mass is 419 g/mol. The number of hydrogen-bond acceptors (Lipinski definition) is 7. The maximum atomic E-state index is 13.1. The van der Waals surface area contributed by atoms with Crippen molar-refractivity contribution in [3.8, 4) is 0 Å². The number of nitro benzene ring substituents is 1. The average Bonchev–Trinajstić information content (AvgIpc) is 2.67. The molecule has 1 aromatic heterocycles. The molecule has 1 saturated heterocycles. The molecule has 9 nitrogen and oxygen atoms in total. The van der Waals surface area contributed by atoms with Crippen molar-refractivity contribution in [1.29, 1.82) is 0 Å². The maximum absolute atomic E-state index is 13.1. The minimum absolute atomic E-state index is 0.0138. The standard InChI is InChI=1S/C19H25N5O4S/c1-13(2)19-20-15(4)11-18(21-19)22-7-9-23(10-8-22)29(27,28)17-12-16(24(25)26)6-5-14(17)3/h5-6,11-13H,7-10H2,1-4H3. The van der Waals surface area contributed by atoms with Crippen molar-refractivity contribution in [2.24, 2.45) is 0 Å². The summed E-state index contributed by atoms with van der Waals surface area (Å²) in [7, 11) is -3.81. The van der Waals surface area contributed by atoms with Gasteiger partial charge in [-0.2, -0.15) is 4.31 Å². The van der Waals surface area contributed by atoms with Gasteiger partial charge in [-0.15, -0.1) is 0 Å². The summed E-state index contributed by atoms with van der Waals surface area (Å²) < 4.78 is 27.5. The predicted molar refractivity (Wildman–Crippen MR) is 110 cm³/mol. The number of hydrogen-bond donors (Lipinski definition) is 0. The Morgan fingerprint density at radius 3 is 2.31 bits per heavy atom. The number of benzene rings is 1. The van der Waals surface area contributed by atoms with Crippen LogP contribution in [0.3, 0.4) is 0 Å². The largest absolute Gasteiger partial charge is 0.354 e. The van der Waals surface area contributed by atoms with Crippen molar-refractivity contribution >= 4 is 21.5 Å². The Labute approximate surface area is 170 Å². The molecule has 0 radical (unpaired) electrons. The van der Waals surface area contributed by atoms with Crippen molar-refractivity contribution in [3.05, 3.63) is 51.5 Å². The van der Waals surface area contributed by atoms with Crippen molar-refractivity contribution in [3.63, 3.8) is 0 Å². The zero-order valence-electron chi connectivity index (χ0n) is 17.0. The molecule has 0 saturated carbocycles. The van der Waals surface area contributed by atoms with Crippen LogP contribution >= 0.6 is 0 Å². The Balaban J connectivity index is 1.80. The highest BCUT2D eigenvalue weighted by Gasteiger charge is 2.31. The van der Waals surface area contributed by atoms with E-state index in [1.54, 1.807) is 6.92 Å². The number of anilines is 1. The first-order valence-electron chi connectivity index (χ1n) is 9.45. The van der Waals surface area contributed by atoms with Crippen LogP contribution in [0.1, 0.15) is 36.8 Å². The summed E-state index contributed by atoms with van der Waals surface area (Å²) in [5.41, 5.74) is 1.14. The first kappa shape index (κ1) is 21.1. The van der Waals surface area contributed by atoms with Gasteiger partial charge in [0.25, 0.3) is 5.69 Å². The molecule has 0 unspecified atom stereocenters. The summed E-state index contributed by atoms with van der Waals surface area (Å²) in [5, 5.41) is 11.0. The van der Waals surface area contributed by atoms with Crippen molar-refractivity contribution < 1.29 is 13.3 Å². The molecule has 1 aromatic carbocycles. The molecule has 1 aliphatic heterocycles. The van der Waals surface area contributed by atoms with E-state index in [1.807, 2.05) is 31.7 Å². The van der Waals surface area contributed by atoms with E-state index in [9.17, 15) is 18.5 Å². The third-order valence-electron chi connectivity index (χ3n) is 4.94. The Morgan fingerprint density at radius 1 is 1.07 bits per heavy atom. The Bertz CT molecular complexity index is 1030. The number of non-ortho nitro benzene ring substituents is 1. The van der Waals surface area contributed by atoms with Gasteiger partial charge < -0.3 is 4.90 Å². The van der Waals surface area contributed by atoms with E-state index in [1.165, 1.54) is 16.4 Å². The number of piperazine rings is 1. The number of rotatable bonds is 5. The van der Waals surface area contributed by atoms with Crippen LogP contribution in [0.25, 0.3) is 0 Å². The van der Waals surface area contributed by atoms with Gasteiger partial charge in [0.2, 0.25) is 10.0 Å². The number of aromatic nitrogens is 2. The fourth-order valence-electron chi connectivity index (χ4n) is 3.27. The Kier molecular flexibility index (Phi) is 5.85. The third-order valence-corrected chi connectivity index (χ3v) is 6.98. The minimum atomic E-state index is -3.81. The fourth-order valence-corrected chi connectivity index (χ4v) is 4.94. The molecule has 3 rings (SSSR count). The van der Waals surface area contributed by atoms with Gasteiger partial charge in [0.15, 0.2) is 0 Å². The van der Waals surface area contributed by atoms with Crippen molar-refractivity contribution in [1.82, 2.24) is 14.3 Å². The molecule has 2 heterocycles. The Morgan fingerprint density at radius 2 is 1.72 bits per heavy atom. The second-order valence-electron chi connectivity index (χ2n) is 7.48. The summed E-state index contributed by atoms with van der Waals surface area (Å²) in [6, 6.07) is 5.83. The van der Waals surface area contributed by atoms with E-state index >= 15 is 0 Å². The number of nitrogens with zero attached hydrogens (tertiary/aromatic N) is 5. The fraction of sp³-hybridized carbons (Fsp3) is 0.474. The van der Waals surface area contributed by atoms with Crippen LogP contribution in [-0.4, -0.2) is 53.8 Å². The molecule has 1 aliphatic rings. The zero-order chi connectivity index (χ0) is 21.3. The van der Waals surface area contributed by atoms with E-state index in [0.717, 1.165) is 23.4 Å². The smallest absolute Gasteiger partial charge is 0.270 e. The van der Waals surface area contributed by atoms with Gasteiger partial charge in [-0.25, -0.2) is 18.4 Å². The van der Waals surface area contributed by atoms with Gasteiger partial charge in [-0.1, -0.05) is 19.9 Å². The van der Waals surface area contributed by atoms with E-state index in [-0.39, 0.29) is 29.6 Å². The van der Waals surface area contributed by atoms with E-state index in [0.29, 0.717) is 18.7 Å². The van der Waals surface area contributed by atoms with Gasteiger partial charge in [0, 0.05) is 56.0 Å². The highest BCUT2D eigenvalue weighted by atomic mass is 32.2. The van der Waals surface area contributed by atoms with Crippen LogP contribution in [-0.2, 0) is 10.0 Å². The lowest BCUT2D eigenvalue weighted by molar-refractivity contribution is -0.385. The molecule has 0 aliphatic carbocycles. The molecule has 156 valence electrons. The maximum Gasteiger partial charge on any atom is 0.270 e. The lowest BCUT2D eigenvalue weighted by Crippen LogP contribution is -2.49. The van der Waals surface area contributed by atoms with E-state index in [4.69, 9.17) is 0 Å². The molecule has 0 atom stereocenters. The molecular formula is C19H25N5O4S. The topological polar surface area (TPSA) is 110 Å². The van der Waals surface area contributed by atoms with E-state index < -0.39 is 14.9 Å². The van der Waals surface area contributed by atoms with Crippen LogP contribution in [0.4, 0.5) is 11.5 Å². The van der Waals surface area contributed by atoms with Crippen molar-refractivity contribution in [2.75, 3.05) is 31.1 Å². The number of nitro groups is 1. The van der Waals surface area contributed by atoms with Crippen LogP contribution in [0.5, 0.6) is 0 Å². The van der Waals surface area contributed by atoms with Gasteiger partial charge in [0.1, 0.15) is 11.6 Å². The molecule has 0 amide bonds. The quantitative estimate of drug-likeness (QED) is 0.541. The van der Waals surface area contributed by atoms with Crippen LogP contribution in [0.15, 0.2) is 29.2 Å². The number of aryl methyl sites for hydroxylation is 2.